The van der Waals surface area contributed by atoms with Crippen LogP contribution in [0.4, 0.5) is 0 Å². The molecule has 2 aliphatic heterocycles. The highest BCUT2D eigenvalue weighted by molar-refractivity contribution is 6.31. The van der Waals surface area contributed by atoms with E-state index in [0.717, 1.165) is 60.9 Å². The number of hydrogen-bond donors (Lipinski definition) is 1. The third-order valence-electron chi connectivity index (χ3n) is 6.30. The Balaban J connectivity index is 0.00000272. The molecule has 7 heteroatoms. The average Bonchev–Trinajstić information content (AvgIpc) is 3.09. The van der Waals surface area contributed by atoms with Crippen LogP contribution in [0.2, 0.25) is 5.02 Å². The molecule has 2 aromatic carbocycles. The summed E-state index contributed by atoms with van der Waals surface area (Å²) < 4.78 is 12.0. The number of hydrogen-bond acceptors (Lipinski definition) is 4. The Morgan fingerprint density at radius 3 is 2.71 bits per heavy atom. The van der Waals surface area contributed by atoms with Gasteiger partial charge in [0.05, 0.1) is 19.6 Å². The summed E-state index contributed by atoms with van der Waals surface area (Å²) in [5.41, 5.74) is 2.47. The third kappa shape index (κ3) is 5.65. The van der Waals surface area contributed by atoms with Crippen molar-refractivity contribution in [1.29, 1.82) is 0 Å². The minimum absolute atomic E-state index is 0. The topological polar surface area (TPSA) is 59.0 Å². The van der Waals surface area contributed by atoms with Gasteiger partial charge in [-0.1, -0.05) is 35.9 Å². The zero-order valence-electron chi connectivity index (χ0n) is 17.5. The molecule has 1 N–H and O–H groups in total. The van der Waals surface area contributed by atoms with Crippen LogP contribution in [0.5, 0.6) is 11.5 Å². The van der Waals surface area contributed by atoms with Gasteiger partial charge < -0.3 is 19.5 Å². The van der Waals surface area contributed by atoms with E-state index in [0.29, 0.717) is 19.8 Å². The van der Waals surface area contributed by atoms with Crippen LogP contribution in [0.1, 0.15) is 36.8 Å². The minimum Gasteiger partial charge on any atom is -0.493 e. The van der Waals surface area contributed by atoms with Crippen LogP contribution >= 0.6 is 24.0 Å². The lowest BCUT2D eigenvalue weighted by Crippen LogP contribution is -2.44. The number of ether oxygens (including phenoxy) is 2. The number of carboxylic acids is 1. The Kier molecular flexibility index (Phi) is 8.09. The van der Waals surface area contributed by atoms with Crippen molar-refractivity contribution in [2.45, 2.75) is 37.5 Å². The van der Waals surface area contributed by atoms with Gasteiger partial charge in [0.2, 0.25) is 0 Å². The highest BCUT2D eigenvalue weighted by atomic mass is 35.5. The summed E-state index contributed by atoms with van der Waals surface area (Å²) in [6.45, 7) is 3.78. The second kappa shape index (κ2) is 10.6. The highest BCUT2D eigenvalue weighted by Crippen LogP contribution is 2.46. The van der Waals surface area contributed by atoms with Crippen molar-refractivity contribution in [3.8, 4) is 11.5 Å². The molecule has 0 aliphatic carbocycles. The fourth-order valence-electron chi connectivity index (χ4n) is 4.47. The zero-order valence-corrected chi connectivity index (χ0v) is 19.1. The maximum atomic E-state index is 10.8. The van der Waals surface area contributed by atoms with Crippen LogP contribution in [0, 0.1) is 0 Å². The van der Waals surface area contributed by atoms with Gasteiger partial charge in [-0.15, -0.1) is 12.4 Å². The van der Waals surface area contributed by atoms with E-state index in [-0.39, 0.29) is 24.2 Å². The molecule has 0 radical (unpaired) electrons. The molecule has 1 fully saturated rings. The van der Waals surface area contributed by atoms with Gasteiger partial charge in [0, 0.05) is 28.6 Å². The molecule has 0 saturated carbocycles. The first-order valence-electron chi connectivity index (χ1n) is 10.6. The van der Waals surface area contributed by atoms with Gasteiger partial charge in [0.15, 0.2) is 0 Å². The van der Waals surface area contributed by atoms with Crippen molar-refractivity contribution < 1.29 is 19.4 Å². The van der Waals surface area contributed by atoms with Crippen LogP contribution < -0.4 is 9.47 Å². The third-order valence-corrected chi connectivity index (χ3v) is 6.67. The van der Waals surface area contributed by atoms with Crippen molar-refractivity contribution in [3.05, 3.63) is 58.6 Å². The van der Waals surface area contributed by atoms with Crippen molar-refractivity contribution in [2.75, 3.05) is 32.8 Å². The molecule has 5 nitrogen and oxygen atoms in total. The molecule has 168 valence electrons. The van der Waals surface area contributed by atoms with E-state index in [1.54, 1.807) is 0 Å². The largest absolute Gasteiger partial charge is 0.493 e. The molecule has 0 unspecified atom stereocenters. The number of aliphatic carboxylic acids is 1. The van der Waals surface area contributed by atoms with Gasteiger partial charge in [0.25, 0.3) is 0 Å². The average molecular weight is 466 g/mol. The molecular weight excluding hydrogens is 437 g/mol. The van der Waals surface area contributed by atoms with Gasteiger partial charge >= 0.3 is 5.97 Å². The van der Waals surface area contributed by atoms with E-state index in [1.165, 1.54) is 5.56 Å². The van der Waals surface area contributed by atoms with Gasteiger partial charge in [0.1, 0.15) is 11.5 Å². The number of halogens is 2. The standard InChI is InChI=1S/C24H28ClNO4.ClH/c25-21-6-2-1-4-18(21)5-3-15-29-19-7-8-20-22(16-19)30-17-24(20)10-13-26(14-11-24)12-9-23(27)28;/h1-2,4,6-8,16H,3,5,9-15,17H2,(H,27,28);1H. The van der Waals surface area contributed by atoms with Gasteiger partial charge in [-0.2, -0.15) is 0 Å². The fraction of sp³-hybridized carbons (Fsp3) is 0.458. The smallest absolute Gasteiger partial charge is 0.304 e. The molecular formula is C24H29Cl2NO4. The summed E-state index contributed by atoms with van der Waals surface area (Å²) in [7, 11) is 0. The Morgan fingerprint density at radius 1 is 1.19 bits per heavy atom. The van der Waals surface area contributed by atoms with E-state index in [4.69, 9.17) is 26.2 Å². The van der Waals surface area contributed by atoms with Gasteiger partial charge in [-0.3, -0.25) is 4.79 Å². The summed E-state index contributed by atoms with van der Waals surface area (Å²) in [6, 6.07) is 14.1. The van der Waals surface area contributed by atoms with Crippen LogP contribution in [0.25, 0.3) is 0 Å². The number of benzene rings is 2. The van der Waals surface area contributed by atoms with Gasteiger partial charge in [-0.05, 0) is 56.5 Å². The quantitative estimate of drug-likeness (QED) is 0.557. The predicted octanol–water partition coefficient (Wildman–Crippen LogP) is 4.97. The predicted molar refractivity (Wildman–Crippen MR) is 124 cm³/mol. The van der Waals surface area contributed by atoms with Crippen molar-refractivity contribution in [1.82, 2.24) is 4.90 Å². The number of likely N-dealkylation sites (tertiary alicyclic amines) is 1. The number of piperidine rings is 1. The Hall–Kier alpha value is -1.95. The number of carboxylic acid groups (broad SMARTS) is 1. The van der Waals surface area contributed by atoms with Crippen LogP contribution in [0.3, 0.4) is 0 Å². The lowest BCUT2D eigenvalue weighted by molar-refractivity contribution is -0.137. The Labute approximate surface area is 194 Å². The maximum absolute atomic E-state index is 10.8. The van der Waals surface area contributed by atoms with Crippen LogP contribution in [0.15, 0.2) is 42.5 Å². The fourth-order valence-corrected chi connectivity index (χ4v) is 4.70. The molecule has 0 aromatic heterocycles. The van der Waals surface area contributed by atoms with Crippen molar-refractivity contribution in [3.63, 3.8) is 0 Å². The summed E-state index contributed by atoms with van der Waals surface area (Å²) >= 11 is 6.21. The summed E-state index contributed by atoms with van der Waals surface area (Å²) in [6.07, 6.45) is 3.99. The second-order valence-electron chi connectivity index (χ2n) is 8.26. The SMILES string of the molecule is Cl.O=C(O)CCN1CCC2(CC1)COc1cc(OCCCc3ccccc3Cl)ccc12. The van der Waals surface area contributed by atoms with E-state index in [2.05, 4.69) is 17.0 Å². The zero-order chi connectivity index (χ0) is 21.0. The van der Waals surface area contributed by atoms with E-state index >= 15 is 0 Å². The van der Waals surface area contributed by atoms with E-state index in [1.807, 2.05) is 30.3 Å². The number of rotatable bonds is 8. The first kappa shape index (κ1) is 23.7. The maximum Gasteiger partial charge on any atom is 0.304 e. The highest BCUT2D eigenvalue weighted by Gasteiger charge is 2.43. The molecule has 1 spiro atoms. The molecule has 0 bridgehead atoms. The van der Waals surface area contributed by atoms with E-state index < -0.39 is 5.97 Å². The summed E-state index contributed by atoms with van der Waals surface area (Å²) in [5.74, 6) is 1.03. The molecule has 0 amide bonds. The Bertz CT molecular complexity index is 897. The Morgan fingerprint density at radius 2 is 1.97 bits per heavy atom. The molecule has 31 heavy (non-hydrogen) atoms. The first-order valence-corrected chi connectivity index (χ1v) is 11.0. The molecule has 2 aromatic rings. The second-order valence-corrected chi connectivity index (χ2v) is 8.66. The molecule has 1 saturated heterocycles. The number of nitrogens with zero attached hydrogens (tertiary/aromatic N) is 1. The number of carbonyl (C=O) groups is 1. The van der Waals surface area contributed by atoms with Crippen molar-refractivity contribution >= 4 is 30.0 Å². The lowest BCUT2D eigenvalue weighted by Gasteiger charge is -2.38. The van der Waals surface area contributed by atoms with Crippen LogP contribution in [-0.2, 0) is 16.6 Å². The normalized spacial score (nSPS) is 16.9. The molecule has 2 heterocycles. The number of fused-ring (bicyclic) bond motifs is 2. The summed E-state index contributed by atoms with van der Waals surface area (Å²) in [5, 5.41) is 9.70. The minimum atomic E-state index is -0.732. The lowest BCUT2D eigenvalue weighted by atomic mass is 9.74. The molecule has 4 rings (SSSR count). The molecule has 2 aliphatic rings. The first-order chi connectivity index (χ1) is 14.6. The summed E-state index contributed by atoms with van der Waals surface area (Å²) in [4.78, 5) is 13.0. The monoisotopic (exact) mass is 465 g/mol. The van der Waals surface area contributed by atoms with Crippen LogP contribution in [-0.4, -0.2) is 48.8 Å². The van der Waals surface area contributed by atoms with E-state index in [9.17, 15) is 4.79 Å². The van der Waals surface area contributed by atoms with Crippen molar-refractivity contribution in [2.24, 2.45) is 0 Å². The molecule has 0 atom stereocenters. The number of aryl methyl sites for hydroxylation is 1. The van der Waals surface area contributed by atoms with Gasteiger partial charge in [-0.25, -0.2) is 0 Å².